The first-order valence-electron chi connectivity index (χ1n) is 11.5. The van der Waals surface area contributed by atoms with Crippen LogP contribution in [0.2, 0.25) is 0 Å². The van der Waals surface area contributed by atoms with E-state index in [2.05, 4.69) is 26.0 Å². The molecule has 3 heterocycles. The van der Waals surface area contributed by atoms with Gasteiger partial charge in [0.05, 0.1) is 12.3 Å². The third-order valence-corrected chi connectivity index (χ3v) is 6.49. The number of hydrogen-bond donors (Lipinski definition) is 3. The Kier molecular flexibility index (Phi) is 5.76. The molecule has 0 aliphatic heterocycles. The highest BCUT2D eigenvalue weighted by molar-refractivity contribution is 6.00. The number of anilines is 3. The summed E-state index contributed by atoms with van der Waals surface area (Å²) in [6, 6.07) is 5.78. The van der Waals surface area contributed by atoms with Crippen molar-refractivity contribution in [3.63, 3.8) is 0 Å². The van der Waals surface area contributed by atoms with E-state index in [9.17, 15) is 9.59 Å². The Bertz CT molecular complexity index is 1220. The van der Waals surface area contributed by atoms with Crippen LogP contribution in [0.25, 0.3) is 5.65 Å². The van der Waals surface area contributed by atoms with Crippen LogP contribution in [0.4, 0.5) is 17.3 Å². The predicted molar refractivity (Wildman–Crippen MR) is 125 cm³/mol. The van der Waals surface area contributed by atoms with E-state index in [4.69, 9.17) is 4.74 Å². The van der Waals surface area contributed by atoms with Crippen molar-refractivity contribution in [1.29, 1.82) is 0 Å². The standard InChI is InChI=1S/C23H29N7O3/c1-24-20-12-19(28-21-17(13-25-30(20)21)22(31)26-14-5-6-14)27-18-4-3-11-29(23(18)32)15-7-9-16(33-2)10-8-15/h3-4,11-16,24H,5-10H2,1-2H3,(H,26,31)(H,27,28)/t15-,16+. The van der Waals surface area contributed by atoms with Gasteiger partial charge in [-0.2, -0.15) is 9.61 Å². The number of aromatic nitrogens is 4. The lowest BCUT2D eigenvalue weighted by Crippen LogP contribution is -2.30. The molecule has 0 radical (unpaired) electrons. The molecule has 3 aromatic rings. The number of nitrogens with one attached hydrogen (secondary N) is 3. The molecule has 1 amide bonds. The second-order valence-electron chi connectivity index (χ2n) is 8.74. The van der Waals surface area contributed by atoms with E-state index in [0.717, 1.165) is 38.5 Å². The van der Waals surface area contributed by atoms with Crippen LogP contribution in [0.5, 0.6) is 0 Å². The monoisotopic (exact) mass is 451 g/mol. The number of carbonyl (C=O) groups excluding carboxylic acids is 1. The summed E-state index contributed by atoms with van der Waals surface area (Å²) >= 11 is 0. The Balaban J connectivity index is 1.44. The van der Waals surface area contributed by atoms with Gasteiger partial charge >= 0.3 is 0 Å². The lowest BCUT2D eigenvalue weighted by Gasteiger charge is -2.29. The Hall–Kier alpha value is -3.40. The molecular weight excluding hydrogens is 422 g/mol. The van der Waals surface area contributed by atoms with Gasteiger partial charge in [-0.1, -0.05) is 0 Å². The lowest BCUT2D eigenvalue weighted by atomic mass is 9.92. The van der Waals surface area contributed by atoms with Gasteiger partial charge < -0.3 is 25.3 Å². The van der Waals surface area contributed by atoms with Gasteiger partial charge in [-0.15, -0.1) is 0 Å². The van der Waals surface area contributed by atoms with Crippen molar-refractivity contribution < 1.29 is 9.53 Å². The third-order valence-electron chi connectivity index (χ3n) is 6.49. The molecule has 0 aromatic carbocycles. The van der Waals surface area contributed by atoms with E-state index in [1.807, 2.05) is 12.3 Å². The molecule has 0 bridgehead atoms. The zero-order valence-electron chi connectivity index (χ0n) is 18.9. The van der Waals surface area contributed by atoms with E-state index in [1.165, 1.54) is 6.20 Å². The van der Waals surface area contributed by atoms with Gasteiger partial charge in [0, 0.05) is 38.5 Å². The van der Waals surface area contributed by atoms with Crippen LogP contribution < -0.4 is 21.5 Å². The molecule has 3 N–H and O–H groups in total. The number of pyridine rings is 1. The van der Waals surface area contributed by atoms with Gasteiger partial charge in [-0.3, -0.25) is 9.59 Å². The maximum absolute atomic E-state index is 13.2. The topological polar surface area (TPSA) is 115 Å². The molecule has 0 atom stereocenters. The first-order valence-corrected chi connectivity index (χ1v) is 11.5. The molecule has 0 spiro atoms. The highest BCUT2D eigenvalue weighted by Gasteiger charge is 2.26. The van der Waals surface area contributed by atoms with E-state index in [0.29, 0.717) is 28.5 Å². The normalized spacial score (nSPS) is 20.5. The Labute approximate surface area is 191 Å². The molecule has 33 heavy (non-hydrogen) atoms. The molecule has 2 aliphatic carbocycles. The van der Waals surface area contributed by atoms with E-state index in [1.54, 1.807) is 35.4 Å². The number of carbonyl (C=O) groups is 1. The number of nitrogens with zero attached hydrogens (tertiary/aromatic N) is 4. The lowest BCUT2D eigenvalue weighted by molar-refractivity contribution is 0.0580. The zero-order chi connectivity index (χ0) is 22.9. The first kappa shape index (κ1) is 21.4. The molecule has 2 fully saturated rings. The molecule has 10 nitrogen and oxygen atoms in total. The maximum Gasteiger partial charge on any atom is 0.274 e. The van der Waals surface area contributed by atoms with Gasteiger partial charge in [0.1, 0.15) is 22.9 Å². The smallest absolute Gasteiger partial charge is 0.274 e. The fraction of sp³-hybridized carbons (Fsp3) is 0.478. The average molecular weight is 452 g/mol. The quantitative estimate of drug-likeness (QED) is 0.506. The number of fused-ring (bicyclic) bond motifs is 1. The summed E-state index contributed by atoms with van der Waals surface area (Å²) in [5.74, 6) is 0.931. The second kappa shape index (κ2) is 8.86. The molecule has 5 rings (SSSR count). The molecule has 10 heteroatoms. The van der Waals surface area contributed by atoms with Crippen LogP contribution in [-0.4, -0.2) is 51.4 Å². The third kappa shape index (κ3) is 4.30. The highest BCUT2D eigenvalue weighted by atomic mass is 16.5. The first-order chi connectivity index (χ1) is 16.1. The molecule has 3 aromatic heterocycles. The molecular formula is C23H29N7O3. The fourth-order valence-corrected chi connectivity index (χ4v) is 4.45. The van der Waals surface area contributed by atoms with E-state index in [-0.39, 0.29) is 29.7 Å². The zero-order valence-corrected chi connectivity index (χ0v) is 18.9. The van der Waals surface area contributed by atoms with Crippen LogP contribution in [0.15, 0.2) is 35.4 Å². The predicted octanol–water partition coefficient (Wildman–Crippen LogP) is 2.70. The van der Waals surface area contributed by atoms with Crippen LogP contribution in [0, 0.1) is 0 Å². The Morgan fingerprint density at radius 3 is 2.67 bits per heavy atom. The van der Waals surface area contributed by atoms with Crippen molar-refractivity contribution >= 4 is 28.9 Å². The molecule has 174 valence electrons. The van der Waals surface area contributed by atoms with Crippen LogP contribution in [-0.2, 0) is 4.74 Å². The Morgan fingerprint density at radius 1 is 1.18 bits per heavy atom. The van der Waals surface area contributed by atoms with Crippen LogP contribution in [0.3, 0.4) is 0 Å². The largest absolute Gasteiger partial charge is 0.381 e. The maximum atomic E-state index is 13.2. The van der Waals surface area contributed by atoms with Crippen LogP contribution >= 0.6 is 0 Å². The van der Waals surface area contributed by atoms with Gasteiger partial charge in [0.15, 0.2) is 5.65 Å². The summed E-state index contributed by atoms with van der Waals surface area (Å²) in [6.45, 7) is 0. The number of amides is 1. The van der Waals surface area contributed by atoms with Crippen molar-refractivity contribution in [3.8, 4) is 0 Å². The molecule has 0 saturated heterocycles. The van der Waals surface area contributed by atoms with E-state index >= 15 is 0 Å². The Morgan fingerprint density at radius 2 is 1.97 bits per heavy atom. The number of hydrogen-bond acceptors (Lipinski definition) is 7. The minimum Gasteiger partial charge on any atom is -0.381 e. The minimum absolute atomic E-state index is 0.0914. The minimum atomic E-state index is -0.187. The second-order valence-corrected chi connectivity index (χ2v) is 8.74. The summed E-state index contributed by atoms with van der Waals surface area (Å²) in [4.78, 5) is 30.5. The summed E-state index contributed by atoms with van der Waals surface area (Å²) < 4.78 is 8.85. The fourth-order valence-electron chi connectivity index (χ4n) is 4.45. The average Bonchev–Trinajstić information content (AvgIpc) is 3.55. The summed E-state index contributed by atoms with van der Waals surface area (Å²) in [7, 11) is 3.52. The van der Waals surface area contributed by atoms with Gasteiger partial charge in [0.2, 0.25) is 0 Å². The molecule has 0 unspecified atom stereocenters. The van der Waals surface area contributed by atoms with Gasteiger partial charge in [-0.05, 0) is 50.7 Å². The SMILES string of the molecule is CNc1cc(Nc2cccn([C@H]3CC[C@@H](OC)CC3)c2=O)nc2c(C(=O)NC3CC3)cnn12. The van der Waals surface area contributed by atoms with Crippen LogP contribution in [0.1, 0.15) is 54.9 Å². The van der Waals surface area contributed by atoms with Crippen molar-refractivity contribution in [2.45, 2.75) is 56.7 Å². The molecule has 2 aliphatic rings. The summed E-state index contributed by atoms with van der Waals surface area (Å²) in [5, 5.41) is 13.5. The number of rotatable bonds is 7. The molecule has 2 saturated carbocycles. The summed E-state index contributed by atoms with van der Waals surface area (Å²) in [5.41, 5.74) is 1.18. The van der Waals surface area contributed by atoms with Crippen molar-refractivity contribution in [1.82, 2.24) is 24.5 Å². The van der Waals surface area contributed by atoms with Crippen molar-refractivity contribution in [2.24, 2.45) is 0 Å². The van der Waals surface area contributed by atoms with Crippen molar-refractivity contribution in [3.05, 3.63) is 46.5 Å². The summed E-state index contributed by atoms with van der Waals surface area (Å²) in [6.07, 6.45) is 9.35. The van der Waals surface area contributed by atoms with Gasteiger partial charge in [-0.25, -0.2) is 4.98 Å². The van der Waals surface area contributed by atoms with Gasteiger partial charge in [0.25, 0.3) is 11.5 Å². The van der Waals surface area contributed by atoms with Crippen molar-refractivity contribution in [2.75, 3.05) is 24.8 Å². The number of methoxy groups -OCH3 is 1. The number of ether oxygens (including phenoxy) is 1. The van der Waals surface area contributed by atoms with E-state index < -0.39 is 0 Å². The highest BCUT2D eigenvalue weighted by Crippen LogP contribution is 2.29.